The summed E-state index contributed by atoms with van der Waals surface area (Å²) in [6, 6.07) is 5.00. The highest BCUT2D eigenvalue weighted by molar-refractivity contribution is 9.10. The molecular formula is C18H20BrN3O5. The summed E-state index contributed by atoms with van der Waals surface area (Å²) in [6.07, 6.45) is 0.261. The predicted molar refractivity (Wildman–Crippen MR) is 99.3 cm³/mol. The van der Waals surface area contributed by atoms with E-state index in [1.807, 2.05) is 0 Å². The van der Waals surface area contributed by atoms with Gasteiger partial charge in [-0.2, -0.15) is 0 Å². The fourth-order valence-corrected chi connectivity index (χ4v) is 3.64. The molecule has 0 unspecified atom stereocenters. The Kier molecular flexibility index (Phi) is 5.79. The zero-order valence-electron chi connectivity index (χ0n) is 14.9. The number of carbonyl (C=O) groups is 4. The van der Waals surface area contributed by atoms with Crippen molar-refractivity contribution in [1.82, 2.24) is 14.7 Å². The second-order valence-corrected chi connectivity index (χ2v) is 7.31. The van der Waals surface area contributed by atoms with Crippen LogP contribution in [0.25, 0.3) is 0 Å². The SMILES string of the molecule is COC(=O)N1CCN(C(=O)CCCN2C(=O)c3ccc(Br)cc3C2=O)CC1. The molecule has 1 fully saturated rings. The van der Waals surface area contributed by atoms with Crippen molar-refractivity contribution < 1.29 is 23.9 Å². The van der Waals surface area contributed by atoms with Crippen molar-refractivity contribution in [3.63, 3.8) is 0 Å². The molecule has 1 aromatic carbocycles. The maximum absolute atomic E-state index is 12.4. The van der Waals surface area contributed by atoms with E-state index in [0.29, 0.717) is 43.7 Å². The summed E-state index contributed by atoms with van der Waals surface area (Å²) in [4.78, 5) is 53.0. The first-order valence-corrected chi connectivity index (χ1v) is 9.48. The Morgan fingerprint density at radius 1 is 1.04 bits per heavy atom. The Balaban J connectivity index is 1.48. The summed E-state index contributed by atoms with van der Waals surface area (Å²) in [5.74, 6) is -0.684. The second-order valence-electron chi connectivity index (χ2n) is 6.39. The van der Waals surface area contributed by atoms with Crippen LogP contribution in [0.3, 0.4) is 0 Å². The van der Waals surface area contributed by atoms with E-state index >= 15 is 0 Å². The number of fused-ring (bicyclic) bond motifs is 1. The Hall–Kier alpha value is -2.42. The molecule has 0 N–H and O–H groups in total. The lowest BCUT2D eigenvalue weighted by molar-refractivity contribution is -0.132. The lowest BCUT2D eigenvalue weighted by Gasteiger charge is -2.34. The molecule has 0 aliphatic carbocycles. The van der Waals surface area contributed by atoms with Crippen LogP contribution in [0.5, 0.6) is 0 Å². The quantitative estimate of drug-likeness (QED) is 0.669. The van der Waals surface area contributed by atoms with Gasteiger partial charge in [-0.25, -0.2) is 4.79 Å². The molecule has 8 nitrogen and oxygen atoms in total. The third kappa shape index (κ3) is 3.97. The van der Waals surface area contributed by atoms with E-state index in [1.165, 1.54) is 12.0 Å². The van der Waals surface area contributed by atoms with E-state index in [-0.39, 0.29) is 36.8 Å². The Bertz CT molecular complexity index is 789. The molecule has 0 saturated carbocycles. The van der Waals surface area contributed by atoms with Gasteiger partial charge in [-0.05, 0) is 24.6 Å². The highest BCUT2D eigenvalue weighted by Crippen LogP contribution is 2.26. The molecule has 1 saturated heterocycles. The molecular weight excluding hydrogens is 418 g/mol. The summed E-state index contributed by atoms with van der Waals surface area (Å²) in [7, 11) is 1.33. The normalized spacial score (nSPS) is 16.6. The van der Waals surface area contributed by atoms with Gasteiger partial charge in [0, 0.05) is 43.6 Å². The fourth-order valence-electron chi connectivity index (χ4n) is 3.28. The Labute approximate surface area is 165 Å². The van der Waals surface area contributed by atoms with E-state index < -0.39 is 0 Å². The van der Waals surface area contributed by atoms with Crippen molar-refractivity contribution >= 4 is 39.7 Å². The summed E-state index contributed by atoms with van der Waals surface area (Å²) in [6.45, 7) is 1.99. The minimum atomic E-state index is -0.389. The second kappa shape index (κ2) is 8.08. The molecule has 0 spiro atoms. The topological polar surface area (TPSA) is 87.2 Å². The van der Waals surface area contributed by atoms with Gasteiger partial charge >= 0.3 is 6.09 Å². The van der Waals surface area contributed by atoms with Crippen LogP contribution in [0, 0.1) is 0 Å². The van der Waals surface area contributed by atoms with Crippen LogP contribution >= 0.6 is 15.9 Å². The molecule has 4 amide bonds. The lowest BCUT2D eigenvalue weighted by atomic mass is 10.1. The van der Waals surface area contributed by atoms with E-state index in [1.54, 1.807) is 28.0 Å². The zero-order chi connectivity index (χ0) is 19.6. The minimum Gasteiger partial charge on any atom is -0.453 e. The molecule has 0 radical (unpaired) electrons. The van der Waals surface area contributed by atoms with Crippen LogP contribution in [0.15, 0.2) is 22.7 Å². The molecule has 27 heavy (non-hydrogen) atoms. The van der Waals surface area contributed by atoms with Crippen molar-refractivity contribution in [3.8, 4) is 0 Å². The number of rotatable bonds is 4. The van der Waals surface area contributed by atoms with E-state index in [9.17, 15) is 19.2 Å². The van der Waals surface area contributed by atoms with Crippen LogP contribution in [0.1, 0.15) is 33.6 Å². The summed E-state index contributed by atoms with van der Waals surface area (Å²) < 4.78 is 5.41. The number of hydrogen-bond donors (Lipinski definition) is 0. The maximum atomic E-state index is 12.4. The standard InChI is InChI=1S/C18H20BrN3O5/c1-27-18(26)21-9-7-20(8-10-21)15(23)3-2-6-22-16(24)13-5-4-12(19)11-14(13)17(22)25/h4-5,11H,2-3,6-10H2,1H3. The van der Waals surface area contributed by atoms with Crippen molar-refractivity contribution in [2.75, 3.05) is 39.8 Å². The van der Waals surface area contributed by atoms with Crippen LogP contribution in [0.2, 0.25) is 0 Å². The fraction of sp³-hybridized carbons (Fsp3) is 0.444. The summed E-state index contributed by atoms with van der Waals surface area (Å²) in [5.41, 5.74) is 0.785. The average Bonchev–Trinajstić information content (AvgIpc) is 2.91. The first kappa shape index (κ1) is 19.3. The van der Waals surface area contributed by atoms with Gasteiger partial charge in [-0.3, -0.25) is 19.3 Å². The largest absolute Gasteiger partial charge is 0.453 e. The van der Waals surface area contributed by atoms with Crippen LogP contribution in [-0.2, 0) is 9.53 Å². The Morgan fingerprint density at radius 2 is 1.67 bits per heavy atom. The molecule has 0 aromatic heterocycles. The monoisotopic (exact) mass is 437 g/mol. The highest BCUT2D eigenvalue weighted by atomic mass is 79.9. The number of piperazine rings is 1. The molecule has 144 valence electrons. The molecule has 2 heterocycles. The molecule has 2 aliphatic heterocycles. The third-order valence-corrected chi connectivity index (χ3v) is 5.26. The van der Waals surface area contributed by atoms with Crippen molar-refractivity contribution in [2.45, 2.75) is 12.8 Å². The first-order valence-electron chi connectivity index (χ1n) is 8.69. The van der Waals surface area contributed by atoms with Crippen molar-refractivity contribution in [1.29, 1.82) is 0 Å². The van der Waals surface area contributed by atoms with Gasteiger partial charge in [0.25, 0.3) is 11.8 Å². The van der Waals surface area contributed by atoms with Gasteiger partial charge in [-0.1, -0.05) is 15.9 Å². The van der Waals surface area contributed by atoms with E-state index in [2.05, 4.69) is 20.7 Å². The molecule has 9 heteroatoms. The number of carbonyl (C=O) groups excluding carboxylic acids is 4. The minimum absolute atomic E-state index is 0.0427. The van der Waals surface area contributed by atoms with Gasteiger partial charge in [0.2, 0.25) is 5.91 Å². The number of imide groups is 1. The number of hydrogen-bond acceptors (Lipinski definition) is 5. The number of halogens is 1. The number of benzene rings is 1. The number of nitrogens with zero attached hydrogens (tertiary/aromatic N) is 3. The van der Waals surface area contributed by atoms with Crippen molar-refractivity contribution in [3.05, 3.63) is 33.8 Å². The zero-order valence-corrected chi connectivity index (χ0v) is 16.5. The molecule has 0 bridgehead atoms. The smallest absolute Gasteiger partial charge is 0.409 e. The predicted octanol–water partition coefficient (Wildman–Crippen LogP) is 1.74. The van der Waals surface area contributed by atoms with Gasteiger partial charge in [-0.15, -0.1) is 0 Å². The first-order chi connectivity index (χ1) is 12.9. The highest BCUT2D eigenvalue weighted by Gasteiger charge is 2.35. The molecule has 2 aliphatic rings. The van der Waals surface area contributed by atoms with Gasteiger partial charge < -0.3 is 14.5 Å². The maximum Gasteiger partial charge on any atom is 0.409 e. The molecule has 3 rings (SSSR count). The summed E-state index contributed by atoms with van der Waals surface area (Å²) >= 11 is 3.30. The van der Waals surface area contributed by atoms with Gasteiger partial charge in [0.1, 0.15) is 0 Å². The van der Waals surface area contributed by atoms with Crippen molar-refractivity contribution in [2.24, 2.45) is 0 Å². The van der Waals surface area contributed by atoms with E-state index in [4.69, 9.17) is 0 Å². The number of ether oxygens (including phenoxy) is 1. The van der Waals surface area contributed by atoms with Gasteiger partial charge in [0.05, 0.1) is 18.2 Å². The van der Waals surface area contributed by atoms with E-state index in [0.717, 1.165) is 4.47 Å². The number of amides is 4. The lowest BCUT2D eigenvalue weighted by Crippen LogP contribution is -2.50. The van der Waals surface area contributed by atoms with Crippen LogP contribution < -0.4 is 0 Å². The summed E-state index contributed by atoms with van der Waals surface area (Å²) in [5, 5.41) is 0. The third-order valence-electron chi connectivity index (χ3n) is 4.77. The number of methoxy groups -OCH3 is 1. The van der Waals surface area contributed by atoms with Gasteiger partial charge in [0.15, 0.2) is 0 Å². The Morgan fingerprint density at radius 3 is 2.33 bits per heavy atom. The molecule has 0 atom stereocenters. The van der Waals surface area contributed by atoms with Crippen LogP contribution in [-0.4, -0.2) is 78.3 Å². The van der Waals surface area contributed by atoms with Crippen LogP contribution in [0.4, 0.5) is 4.79 Å². The molecule has 1 aromatic rings. The average molecular weight is 438 g/mol.